The van der Waals surface area contributed by atoms with E-state index < -0.39 is 5.97 Å². The minimum absolute atomic E-state index is 0.209. The van der Waals surface area contributed by atoms with Gasteiger partial charge in [0.2, 0.25) is 0 Å². The van der Waals surface area contributed by atoms with Crippen LogP contribution < -0.4 is 15.5 Å². The molecule has 0 aliphatic carbocycles. The van der Waals surface area contributed by atoms with Gasteiger partial charge in [0.25, 0.3) is 5.91 Å². The number of nitrogens with one attached hydrogen (secondary N) is 2. The van der Waals surface area contributed by atoms with Crippen molar-refractivity contribution in [1.82, 2.24) is 10.4 Å². The molecule has 3 N–H and O–H groups in total. The number of amides is 1. The van der Waals surface area contributed by atoms with Gasteiger partial charge in [-0.25, -0.2) is 15.2 Å². The molecule has 0 aliphatic heterocycles. The van der Waals surface area contributed by atoms with Crippen LogP contribution in [0.15, 0.2) is 106 Å². The van der Waals surface area contributed by atoms with Crippen molar-refractivity contribution < 1.29 is 19.4 Å². The smallest absolute Gasteiger partial charge is 0.335 e. The van der Waals surface area contributed by atoms with Crippen LogP contribution in [0.3, 0.4) is 0 Å². The summed E-state index contributed by atoms with van der Waals surface area (Å²) < 4.78 is 6.75. The molecule has 0 unspecified atom stereocenters. The predicted octanol–water partition coefficient (Wildman–Crippen LogP) is 8.01. The second-order valence-electron chi connectivity index (χ2n) is 8.92. The van der Waals surface area contributed by atoms with E-state index in [1.165, 1.54) is 29.7 Å². The number of benzene rings is 4. The Labute approximate surface area is 258 Å². The third-order valence-electron chi connectivity index (χ3n) is 5.98. The summed E-state index contributed by atoms with van der Waals surface area (Å²) in [6.07, 6.45) is 1.50. The minimum Gasteiger partial charge on any atom is -0.488 e. The monoisotopic (exact) mass is 660 g/mol. The standard InChI is InChI=1S/C31H22BrClN4O4S/c32-24-9-14-28(41-17-19-1-3-22(4-2-19)30(39)40)23(15-24)16-34-37-29(38)21-7-5-20(6-8-21)27-18-42-31(36-27)35-26-12-10-25(33)11-13-26/h1-16,18H,17H2,(H,35,36)(H,37,38)(H,39,40)/b34-16-. The van der Waals surface area contributed by atoms with Crippen molar-refractivity contribution in [3.8, 4) is 17.0 Å². The molecular weight excluding hydrogens is 640 g/mol. The predicted molar refractivity (Wildman–Crippen MR) is 169 cm³/mol. The fourth-order valence-electron chi connectivity index (χ4n) is 3.79. The number of nitrogens with zero attached hydrogens (tertiary/aromatic N) is 2. The first kappa shape index (κ1) is 29.0. The lowest BCUT2D eigenvalue weighted by Crippen LogP contribution is -2.17. The maximum Gasteiger partial charge on any atom is 0.335 e. The van der Waals surface area contributed by atoms with Crippen molar-refractivity contribution in [2.24, 2.45) is 5.10 Å². The second kappa shape index (κ2) is 13.4. The number of aromatic nitrogens is 1. The lowest BCUT2D eigenvalue weighted by atomic mass is 10.1. The number of thiazole rings is 1. The molecule has 1 aromatic heterocycles. The molecule has 0 saturated carbocycles. The van der Waals surface area contributed by atoms with Gasteiger partial charge in [-0.1, -0.05) is 51.8 Å². The number of carboxylic acid groups (broad SMARTS) is 1. The maximum absolute atomic E-state index is 12.7. The summed E-state index contributed by atoms with van der Waals surface area (Å²) >= 11 is 10.9. The van der Waals surface area contributed by atoms with E-state index in [1.54, 1.807) is 30.3 Å². The van der Waals surface area contributed by atoms with E-state index in [0.29, 0.717) is 21.9 Å². The summed E-state index contributed by atoms with van der Waals surface area (Å²) in [4.78, 5) is 28.4. The Balaban J connectivity index is 1.19. The van der Waals surface area contributed by atoms with Crippen LogP contribution in [0, 0.1) is 0 Å². The number of rotatable bonds is 10. The summed E-state index contributed by atoms with van der Waals surface area (Å²) in [6.45, 7) is 0.235. The molecule has 0 fully saturated rings. The van der Waals surface area contributed by atoms with Gasteiger partial charge in [0.05, 0.1) is 17.5 Å². The van der Waals surface area contributed by atoms with Crippen LogP contribution in [0.25, 0.3) is 11.3 Å². The molecule has 0 aliphatic rings. The molecule has 42 heavy (non-hydrogen) atoms. The zero-order valence-corrected chi connectivity index (χ0v) is 24.9. The van der Waals surface area contributed by atoms with Crippen LogP contribution in [-0.2, 0) is 6.61 Å². The summed E-state index contributed by atoms with van der Waals surface area (Å²) in [6, 6.07) is 26.4. The molecule has 8 nitrogen and oxygen atoms in total. The number of carbonyl (C=O) groups excluding carboxylic acids is 1. The van der Waals surface area contributed by atoms with Gasteiger partial charge in [-0.3, -0.25) is 4.79 Å². The normalized spacial score (nSPS) is 10.9. The van der Waals surface area contributed by atoms with Crippen LogP contribution in [-0.4, -0.2) is 28.2 Å². The Bertz CT molecular complexity index is 1740. The number of hydrogen-bond donors (Lipinski definition) is 3. The molecule has 5 rings (SSSR count). The first-order valence-electron chi connectivity index (χ1n) is 12.5. The van der Waals surface area contributed by atoms with Crippen molar-refractivity contribution >= 4 is 67.8 Å². The Hall–Kier alpha value is -4.51. The molecule has 0 atom stereocenters. The van der Waals surface area contributed by atoms with Crippen LogP contribution in [0.5, 0.6) is 5.75 Å². The molecule has 210 valence electrons. The number of anilines is 2. The van der Waals surface area contributed by atoms with Crippen LogP contribution in [0.2, 0.25) is 5.02 Å². The molecule has 0 spiro atoms. The second-order valence-corrected chi connectivity index (χ2v) is 11.1. The van der Waals surface area contributed by atoms with Crippen molar-refractivity contribution in [2.45, 2.75) is 6.61 Å². The zero-order chi connectivity index (χ0) is 29.5. The van der Waals surface area contributed by atoms with E-state index in [1.807, 2.05) is 53.9 Å². The van der Waals surface area contributed by atoms with Crippen molar-refractivity contribution in [2.75, 3.05) is 5.32 Å². The van der Waals surface area contributed by atoms with Crippen LogP contribution in [0.1, 0.15) is 31.8 Å². The van der Waals surface area contributed by atoms with Crippen molar-refractivity contribution in [1.29, 1.82) is 0 Å². The highest BCUT2D eigenvalue weighted by Crippen LogP contribution is 2.28. The molecule has 11 heteroatoms. The number of hydrogen-bond acceptors (Lipinski definition) is 7. The zero-order valence-electron chi connectivity index (χ0n) is 21.8. The Kier molecular flexibility index (Phi) is 9.28. The van der Waals surface area contributed by atoms with Crippen LogP contribution in [0.4, 0.5) is 10.8 Å². The van der Waals surface area contributed by atoms with Gasteiger partial charge >= 0.3 is 5.97 Å². The first-order valence-corrected chi connectivity index (χ1v) is 14.6. The molecule has 5 aromatic rings. The fourth-order valence-corrected chi connectivity index (χ4v) is 5.04. The molecule has 4 aromatic carbocycles. The highest BCUT2D eigenvalue weighted by atomic mass is 79.9. The maximum atomic E-state index is 12.7. The Morgan fingerprint density at radius 1 is 0.976 bits per heavy atom. The largest absolute Gasteiger partial charge is 0.488 e. The minimum atomic E-state index is -0.983. The van der Waals surface area contributed by atoms with Gasteiger partial charge in [-0.15, -0.1) is 11.3 Å². The van der Waals surface area contributed by atoms with E-state index in [0.717, 1.165) is 32.1 Å². The molecule has 0 saturated heterocycles. The lowest BCUT2D eigenvalue weighted by molar-refractivity contribution is 0.0696. The van der Waals surface area contributed by atoms with E-state index in [-0.39, 0.29) is 18.1 Å². The van der Waals surface area contributed by atoms with Gasteiger partial charge in [0.1, 0.15) is 12.4 Å². The average molecular weight is 662 g/mol. The van der Waals surface area contributed by atoms with Crippen LogP contribution >= 0.6 is 38.9 Å². The number of hydrazone groups is 1. The number of halogens is 2. The van der Waals surface area contributed by atoms with Crippen molar-refractivity contribution in [3.05, 3.63) is 128 Å². The van der Waals surface area contributed by atoms with E-state index in [9.17, 15) is 9.59 Å². The Morgan fingerprint density at radius 2 is 1.69 bits per heavy atom. The summed E-state index contributed by atoms with van der Waals surface area (Å²) in [5.41, 5.74) is 7.23. The highest BCUT2D eigenvalue weighted by Gasteiger charge is 2.09. The number of carboxylic acids is 1. The SMILES string of the molecule is O=C(O)c1ccc(COc2ccc(Br)cc2/C=N\NC(=O)c2ccc(-c3csc(Nc4ccc(Cl)cc4)n3)cc2)cc1. The van der Waals surface area contributed by atoms with E-state index >= 15 is 0 Å². The first-order chi connectivity index (χ1) is 20.3. The van der Waals surface area contributed by atoms with E-state index in [4.69, 9.17) is 21.4 Å². The lowest BCUT2D eigenvalue weighted by Gasteiger charge is -2.10. The topological polar surface area (TPSA) is 113 Å². The highest BCUT2D eigenvalue weighted by molar-refractivity contribution is 9.10. The number of aromatic carboxylic acids is 1. The summed E-state index contributed by atoms with van der Waals surface area (Å²) in [5, 5.41) is 19.8. The summed E-state index contributed by atoms with van der Waals surface area (Å²) in [7, 11) is 0. The molecule has 0 bridgehead atoms. The third kappa shape index (κ3) is 7.61. The molecular formula is C31H22BrClN4O4S. The van der Waals surface area contributed by atoms with Gasteiger partial charge in [0.15, 0.2) is 5.13 Å². The average Bonchev–Trinajstić information content (AvgIpc) is 3.46. The molecule has 1 heterocycles. The quantitative estimate of drug-likeness (QED) is 0.103. The fraction of sp³-hybridized carbons (Fsp3) is 0.0323. The molecule has 0 radical (unpaired) electrons. The summed E-state index contributed by atoms with van der Waals surface area (Å²) in [5.74, 6) is -0.795. The van der Waals surface area contributed by atoms with Gasteiger partial charge in [-0.2, -0.15) is 5.10 Å². The number of carbonyl (C=O) groups is 2. The molecule has 1 amide bonds. The van der Waals surface area contributed by atoms with Gasteiger partial charge < -0.3 is 15.2 Å². The third-order valence-corrected chi connectivity index (χ3v) is 7.48. The van der Waals surface area contributed by atoms with E-state index in [2.05, 4.69) is 36.8 Å². The number of ether oxygens (including phenoxy) is 1. The van der Waals surface area contributed by atoms with Gasteiger partial charge in [0, 0.05) is 37.3 Å². The van der Waals surface area contributed by atoms with Gasteiger partial charge in [-0.05, 0) is 72.3 Å². The Morgan fingerprint density at radius 3 is 2.40 bits per heavy atom. The van der Waals surface area contributed by atoms with Crippen molar-refractivity contribution in [3.63, 3.8) is 0 Å².